The van der Waals surface area contributed by atoms with Crippen LogP contribution in [-0.2, 0) is 0 Å². The zero-order chi connectivity index (χ0) is 95.2. The second-order valence-electron chi connectivity index (χ2n) is 26.0. The number of thiazole rings is 6. The molecule has 0 atom stereocenters. The molecule has 17 rings (SSSR count). The standard InChI is InChI=1S/C13H11ClN2O3S.C13H10N2O2S2.C11H10FN3OS.C10H8N2O3S2.C9H7BrN2OS2.2C9H7ClN2OS2.C9H8N2OS2.CH4/c1-7-3-4-10(14)9(5-7)12(17)15-13-8(2)6-11(20-13)16(18)19;1-8-7-14-13(19-8)15-12(16)10-5-4-9(17-10)11-3-2-6-18-11;1-7-6-13-11(17-7)15-10(16)14-9-4-2-8(12)3-5-9;1-6-5-8(12(14)15)17-10(6)11-9(13)7-3-2-4-16-7;2*1-5-4-11-9(14-5)12-8(13)6-2-3-7(10)15-6;1-5-7(10)11-9(15-5)12-8(13)6-3-2-4-14-6;1-6-5-10-9(14-6)11-8(12)7-3-2-4-13-7;/h3-6H,1-2H3,(H,15,17);2-7H,1H3,(H,14,15,16);2-6H,1H3,(H2,13,14,15,16);2-5H,1H3,(H,11,13);3*2-4H,1H3,(H,11,12,13);2-5H,1H3,(H,10,11,12);1H4. The lowest BCUT2D eigenvalue weighted by Gasteiger charge is -2.06. The number of aromatic nitrogens is 6. The summed E-state index contributed by atoms with van der Waals surface area (Å²) in [5.41, 5.74) is 3.14. The van der Waals surface area contributed by atoms with E-state index in [4.69, 9.17) is 39.2 Å². The van der Waals surface area contributed by atoms with Crippen molar-refractivity contribution in [2.24, 2.45) is 0 Å². The number of carbonyl (C=O) groups excluding carboxylic acids is 8. The Balaban J connectivity index is 0.000000171. The lowest BCUT2D eigenvalue weighted by atomic mass is 10.1. The Morgan fingerprint density at radius 3 is 1.20 bits per heavy atom. The molecule has 0 aliphatic rings. The minimum absolute atomic E-state index is 0. The fourth-order valence-corrected chi connectivity index (χ4v) is 20.7. The summed E-state index contributed by atoms with van der Waals surface area (Å²) in [6.45, 7) is 16.8. The molecule has 133 heavy (non-hydrogen) atoms. The number of hydrogen-bond acceptors (Lipinski definition) is 33. The Morgan fingerprint density at radius 1 is 0.406 bits per heavy atom. The van der Waals surface area contributed by atoms with Gasteiger partial charge in [-0.05, 0) is 231 Å². The quantitative estimate of drug-likeness (QED) is 0.0268. The molecule has 17 aromatic rings. The first-order valence-corrected chi connectivity index (χ1v) is 50.9. The van der Waals surface area contributed by atoms with Gasteiger partial charge in [-0.3, -0.25) is 85.7 Å². The number of rotatable bonds is 19. The fraction of sp³-hybridized carbons (Fsp3) is 0.119. The van der Waals surface area contributed by atoms with Crippen LogP contribution < -0.4 is 47.9 Å². The maximum Gasteiger partial charge on any atom is 0.326 e. The van der Waals surface area contributed by atoms with Gasteiger partial charge in [-0.25, -0.2) is 39.1 Å². The molecule has 9 amide bonds. The first-order valence-electron chi connectivity index (χ1n) is 37.3. The van der Waals surface area contributed by atoms with Crippen LogP contribution in [0, 0.1) is 88.4 Å². The predicted molar refractivity (Wildman–Crippen MR) is 551 cm³/mol. The summed E-state index contributed by atoms with van der Waals surface area (Å²) in [4.78, 5) is 149. The van der Waals surface area contributed by atoms with Crippen molar-refractivity contribution >= 4 is 313 Å². The van der Waals surface area contributed by atoms with E-state index in [0.29, 0.717) is 108 Å². The molecular formula is C84H72BrCl3FN17O13S14. The van der Waals surface area contributed by atoms with Crippen LogP contribution in [0.1, 0.15) is 123 Å². The molecule has 690 valence electrons. The number of furan rings is 1. The number of hydrogen-bond donors (Lipinski definition) is 9. The summed E-state index contributed by atoms with van der Waals surface area (Å²) in [5.74, 6) is -0.750. The second kappa shape index (κ2) is 51.8. The van der Waals surface area contributed by atoms with Gasteiger partial charge >= 0.3 is 16.0 Å². The number of nitrogens with one attached hydrogen (secondary N) is 9. The van der Waals surface area contributed by atoms with E-state index in [2.05, 4.69) is 93.7 Å². The Kier molecular flexibility index (Phi) is 41.1. The second-order valence-corrected chi connectivity index (χ2v) is 44.2. The molecule has 15 aromatic heterocycles. The van der Waals surface area contributed by atoms with Gasteiger partial charge in [-0.2, -0.15) is 0 Å². The number of halogens is 5. The van der Waals surface area contributed by atoms with Crippen LogP contribution in [0.4, 0.5) is 65.7 Å². The average Bonchev–Trinajstić information content (AvgIpc) is 1.85. The van der Waals surface area contributed by atoms with E-state index in [1.165, 1.54) is 161 Å². The predicted octanol–water partition coefficient (Wildman–Crippen LogP) is 28.5. The summed E-state index contributed by atoms with van der Waals surface area (Å²) in [5, 5.41) is 58.3. The Labute approximate surface area is 838 Å². The van der Waals surface area contributed by atoms with Gasteiger partial charge in [0.25, 0.3) is 41.4 Å². The third kappa shape index (κ3) is 34.0. The van der Waals surface area contributed by atoms with E-state index >= 15 is 0 Å². The molecule has 0 aliphatic heterocycles. The number of urea groups is 1. The molecule has 9 N–H and O–H groups in total. The van der Waals surface area contributed by atoms with Crippen molar-refractivity contribution < 1.29 is 57.0 Å². The highest BCUT2D eigenvalue weighted by Crippen LogP contribution is 2.37. The van der Waals surface area contributed by atoms with Crippen LogP contribution in [-0.4, -0.2) is 87.1 Å². The topological polar surface area (TPSA) is 422 Å². The highest BCUT2D eigenvalue weighted by molar-refractivity contribution is 9.11. The van der Waals surface area contributed by atoms with Crippen molar-refractivity contribution in [1.82, 2.24) is 29.9 Å². The van der Waals surface area contributed by atoms with Crippen molar-refractivity contribution in [3.05, 3.63) is 318 Å². The van der Waals surface area contributed by atoms with Crippen molar-refractivity contribution in [3.63, 3.8) is 0 Å². The molecule has 0 unspecified atom stereocenters. The number of aryl methyl sites for hydroxylation is 9. The van der Waals surface area contributed by atoms with Crippen LogP contribution in [0.2, 0.25) is 14.5 Å². The number of benzene rings is 2. The van der Waals surface area contributed by atoms with Gasteiger partial charge in [-0.15, -0.1) is 136 Å². The minimum Gasteiger partial charge on any atom is -0.450 e. The lowest BCUT2D eigenvalue weighted by Crippen LogP contribution is -2.19. The summed E-state index contributed by atoms with van der Waals surface area (Å²) < 4.78 is 19.7. The maximum absolute atomic E-state index is 12.6. The van der Waals surface area contributed by atoms with E-state index in [0.717, 1.165) is 66.2 Å². The third-order valence-electron chi connectivity index (χ3n) is 15.7. The number of carbonyl (C=O) groups is 8. The van der Waals surface area contributed by atoms with Crippen LogP contribution in [0.3, 0.4) is 0 Å². The lowest BCUT2D eigenvalue weighted by molar-refractivity contribution is -0.380. The molecule has 0 radical (unpaired) electrons. The van der Waals surface area contributed by atoms with Crippen LogP contribution >= 0.6 is 209 Å². The maximum atomic E-state index is 12.6. The van der Waals surface area contributed by atoms with Crippen LogP contribution in [0.5, 0.6) is 0 Å². The Morgan fingerprint density at radius 2 is 0.820 bits per heavy atom. The molecular weight excluding hydrogens is 2110 g/mol. The monoisotopic (exact) mass is 2180 g/mol. The van der Waals surface area contributed by atoms with Gasteiger partial charge < -0.3 is 20.4 Å². The normalized spacial score (nSPS) is 10.2. The summed E-state index contributed by atoms with van der Waals surface area (Å²) in [7, 11) is 0. The van der Waals surface area contributed by atoms with E-state index in [9.17, 15) is 63.0 Å². The zero-order valence-corrected chi connectivity index (χ0v) is 84.8. The van der Waals surface area contributed by atoms with Gasteiger partial charge in [-0.1, -0.05) is 78.1 Å². The van der Waals surface area contributed by atoms with E-state index < -0.39 is 15.9 Å². The van der Waals surface area contributed by atoms with Gasteiger partial charge in [0, 0.05) is 78.1 Å². The Bertz CT molecular complexity index is 6660. The van der Waals surface area contributed by atoms with E-state index in [1.54, 1.807) is 134 Å². The third-order valence-corrected chi connectivity index (χ3v) is 30.1. The summed E-state index contributed by atoms with van der Waals surface area (Å²) in [6.07, 6.45) is 8.61. The van der Waals surface area contributed by atoms with Crippen LogP contribution in [0.25, 0.3) is 10.6 Å². The number of thiophene rings is 8. The molecule has 2 aromatic carbocycles. The van der Waals surface area contributed by atoms with Crippen molar-refractivity contribution in [2.75, 3.05) is 47.9 Å². The van der Waals surface area contributed by atoms with Crippen molar-refractivity contribution in [2.45, 2.75) is 69.7 Å². The fourth-order valence-electron chi connectivity index (χ4n) is 9.69. The smallest absolute Gasteiger partial charge is 0.326 e. The molecule has 49 heteroatoms. The van der Waals surface area contributed by atoms with Crippen LogP contribution in [0.15, 0.2) is 200 Å². The van der Waals surface area contributed by atoms with Gasteiger partial charge in [0.2, 0.25) is 0 Å². The van der Waals surface area contributed by atoms with Gasteiger partial charge in [0.1, 0.15) is 26.7 Å². The molecule has 0 saturated heterocycles. The van der Waals surface area contributed by atoms with Gasteiger partial charge in [0.15, 0.2) is 36.5 Å². The van der Waals surface area contributed by atoms with Gasteiger partial charge in [0.05, 0.1) is 57.8 Å². The van der Waals surface area contributed by atoms with Crippen molar-refractivity contribution in [1.29, 1.82) is 0 Å². The first-order chi connectivity index (χ1) is 63.0. The zero-order valence-electron chi connectivity index (χ0n) is 69.5. The van der Waals surface area contributed by atoms with Crippen molar-refractivity contribution in [3.8, 4) is 10.6 Å². The van der Waals surface area contributed by atoms with E-state index in [-0.39, 0.29) is 70.4 Å². The SMILES string of the molecule is C.Cc1cc([N+](=O)[O-])sc1NC(=O)c1cccs1.Cc1ccc(Cl)c(C(=O)Nc2sc([N+](=O)[O-])cc2C)c1.Cc1cnc(NC(=O)Nc2ccc(F)cc2)s1.Cc1cnc(NC(=O)c2ccc(-c3cccs3)o2)s1.Cc1cnc(NC(=O)c2ccc(Br)s2)s1.Cc1cnc(NC(=O)c2ccc(Cl)s2)s1.Cc1cnc(NC(=O)c2cccs2)s1.Cc1sc(NC(=O)c2cccs2)nc1Cl. The number of amides is 9. The molecule has 0 saturated carbocycles. The first kappa shape index (κ1) is 105. The highest BCUT2D eigenvalue weighted by Gasteiger charge is 2.22. The molecule has 0 fully saturated rings. The molecule has 0 aliphatic carbocycles. The number of nitro groups is 2. The Hall–Kier alpha value is -11.3. The minimum atomic E-state index is -0.479. The molecule has 0 spiro atoms. The molecule has 0 bridgehead atoms. The molecule has 15 heterocycles. The highest BCUT2D eigenvalue weighted by atomic mass is 79.9. The number of anilines is 9. The van der Waals surface area contributed by atoms with E-state index in [1.807, 2.05) is 94.9 Å². The molecule has 30 nitrogen and oxygen atoms in total. The number of nitrogens with zero attached hydrogens (tertiary/aromatic N) is 8. The summed E-state index contributed by atoms with van der Waals surface area (Å²) in [6, 6.07) is 38.3. The summed E-state index contributed by atoms with van der Waals surface area (Å²) >= 11 is 39.7. The largest absolute Gasteiger partial charge is 0.450 e. The average molecular weight is 2180 g/mol.